The van der Waals surface area contributed by atoms with Gasteiger partial charge >= 0.3 is 0 Å². The Morgan fingerprint density at radius 1 is 0.912 bits per heavy atom. The van der Waals surface area contributed by atoms with E-state index in [1.54, 1.807) is 22.9 Å². The fraction of sp³-hybridized carbons (Fsp3) is 0.414. The lowest BCUT2D eigenvalue weighted by atomic mass is 9.75. The molecule has 2 aliphatic rings. The molecule has 176 valence electrons. The van der Waals surface area contributed by atoms with E-state index in [0.29, 0.717) is 17.9 Å². The number of hydrogen-bond donors (Lipinski definition) is 0. The minimum atomic E-state index is -2.43. The van der Waals surface area contributed by atoms with Crippen molar-refractivity contribution in [2.24, 2.45) is 5.92 Å². The number of halogens is 2. The van der Waals surface area contributed by atoms with E-state index in [9.17, 15) is 8.78 Å². The highest BCUT2D eigenvalue weighted by Gasteiger charge is 2.30. The van der Waals surface area contributed by atoms with Gasteiger partial charge in [-0.2, -0.15) is 0 Å². The summed E-state index contributed by atoms with van der Waals surface area (Å²) in [6.07, 6.45) is 6.13. The molecule has 0 saturated heterocycles. The number of alkyl halides is 2. The monoisotopic (exact) mass is 460 g/mol. The van der Waals surface area contributed by atoms with E-state index in [1.807, 2.05) is 6.07 Å². The summed E-state index contributed by atoms with van der Waals surface area (Å²) < 4.78 is 34.8. The van der Waals surface area contributed by atoms with Crippen LogP contribution in [-0.2, 0) is 0 Å². The maximum Gasteiger partial charge on any atom is 0.278 e. The highest BCUT2D eigenvalue weighted by Crippen LogP contribution is 2.44. The fourth-order valence-corrected chi connectivity index (χ4v) is 5.77. The molecule has 1 atom stereocenters. The Balaban J connectivity index is 1.29. The molecule has 2 aromatic carbocycles. The molecule has 0 bridgehead atoms. The SMILES string of the molecule is CC(C1CCC(c2cc(OC3CC3)cc3nc4ccccc4cc23)CC1)n1cccc1C(F)F. The average molecular weight is 461 g/mol. The van der Waals surface area contributed by atoms with Gasteiger partial charge in [0.2, 0.25) is 0 Å². The van der Waals surface area contributed by atoms with Crippen LogP contribution in [0.2, 0.25) is 0 Å². The first kappa shape index (κ1) is 21.6. The summed E-state index contributed by atoms with van der Waals surface area (Å²) in [6.45, 7) is 2.09. The van der Waals surface area contributed by atoms with Gasteiger partial charge in [-0.25, -0.2) is 13.8 Å². The van der Waals surface area contributed by atoms with Crippen LogP contribution in [0.4, 0.5) is 8.78 Å². The molecule has 2 saturated carbocycles. The van der Waals surface area contributed by atoms with Crippen molar-refractivity contribution in [1.82, 2.24) is 9.55 Å². The van der Waals surface area contributed by atoms with Gasteiger partial charge in [0.1, 0.15) is 5.75 Å². The number of nitrogens with zero attached hydrogens (tertiary/aromatic N) is 2. The predicted molar refractivity (Wildman–Crippen MR) is 132 cm³/mol. The summed E-state index contributed by atoms with van der Waals surface area (Å²) in [6, 6.07) is 18.2. The van der Waals surface area contributed by atoms with Gasteiger partial charge < -0.3 is 9.30 Å². The normalized spacial score (nSPS) is 21.9. The topological polar surface area (TPSA) is 27.1 Å². The Bertz CT molecular complexity index is 1320. The zero-order chi connectivity index (χ0) is 23.2. The molecule has 2 aromatic heterocycles. The van der Waals surface area contributed by atoms with Crippen molar-refractivity contribution in [2.75, 3.05) is 0 Å². The summed E-state index contributed by atoms with van der Waals surface area (Å²) >= 11 is 0. The van der Waals surface area contributed by atoms with Crippen LogP contribution in [-0.4, -0.2) is 15.7 Å². The molecule has 0 radical (unpaired) electrons. The van der Waals surface area contributed by atoms with E-state index >= 15 is 0 Å². The Morgan fingerprint density at radius 3 is 2.47 bits per heavy atom. The minimum absolute atomic E-state index is 0.0758. The van der Waals surface area contributed by atoms with Gasteiger partial charge in [-0.3, -0.25) is 0 Å². The third kappa shape index (κ3) is 4.06. The quantitative estimate of drug-likeness (QED) is 0.271. The van der Waals surface area contributed by atoms with E-state index in [4.69, 9.17) is 9.72 Å². The van der Waals surface area contributed by atoms with E-state index in [0.717, 1.165) is 60.7 Å². The summed E-state index contributed by atoms with van der Waals surface area (Å²) in [5.74, 6) is 1.75. The fourth-order valence-electron chi connectivity index (χ4n) is 5.77. The first-order valence-corrected chi connectivity index (χ1v) is 12.5. The molecular formula is C29H30F2N2O. The van der Waals surface area contributed by atoms with Crippen LogP contribution in [0, 0.1) is 5.92 Å². The number of pyridine rings is 1. The first-order valence-electron chi connectivity index (χ1n) is 12.5. The molecular weight excluding hydrogens is 430 g/mol. The number of aromatic nitrogens is 2. The standard InChI is InChI=1S/C29H30F2N2O/c1-18(33-14-4-7-28(33)29(30)31)19-8-10-20(11-9-19)24-16-23(34-22-12-13-22)17-27-25(24)15-21-5-2-3-6-26(21)32-27/h2-7,14-20,22,29H,8-13H2,1H3. The van der Waals surface area contributed by atoms with Gasteiger partial charge in [0.15, 0.2) is 0 Å². The molecule has 5 heteroatoms. The van der Waals surface area contributed by atoms with Gasteiger partial charge in [0, 0.05) is 29.1 Å². The smallest absolute Gasteiger partial charge is 0.278 e. The van der Waals surface area contributed by atoms with Crippen LogP contribution >= 0.6 is 0 Å². The lowest BCUT2D eigenvalue weighted by Crippen LogP contribution is -2.23. The molecule has 0 amide bonds. The number of rotatable bonds is 6. The number of para-hydroxylation sites is 1. The molecule has 2 heterocycles. The highest BCUT2D eigenvalue weighted by atomic mass is 19.3. The molecule has 0 aliphatic heterocycles. The summed E-state index contributed by atoms with van der Waals surface area (Å²) in [4.78, 5) is 4.97. The molecule has 0 N–H and O–H groups in total. The zero-order valence-corrected chi connectivity index (χ0v) is 19.5. The van der Waals surface area contributed by atoms with Crippen molar-refractivity contribution in [3.05, 3.63) is 72.1 Å². The summed E-state index contributed by atoms with van der Waals surface area (Å²) in [5, 5.41) is 2.37. The van der Waals surface area contributed by atoms with E-state index < -0.39 is 6.43 Å². The van der Waals surface area contributed by atoms with Gasteiger partial charge in [0.25, 0.3) is 6.43 Å². The van der Waals surface area contributed by atoms with Crippen molar-refractivity contribution in [3.8, 4) is 5.75 Å². The zero-order valence-electron chi connectivity index (χ0n) is 19.5. The maximum atomic E-state index is 13.4. The predicted octanol–water partition coefficient (Wildman–Crippen LogP) is 8.20. The second kappa shape index (κ2) is 8.68. The van der Waals surface area contributed by atoms with Gasteiger partial charge in [-0.1, -0.05) is 18.2 Å². The van der Waals surface area contributed by atoms with Crippen molar-refractivity contribution < 1.29 is 13.5 Å². The van der Waals surface area contributed by atoms with Crippen molar-refractivity contribution >= 4 is 21.8 Å². The molecule has 2 aliphatic carbocycles. The third-order valence-corrected chi connectivity index (χ3v) is 7.84. The van der Waals surface area contributed by atoms with Crippen LogP contribution in [0.25, 0.3) is 21.8 Å². The molecule has 0 spiro atoms. The van der Waals surface area contributed by atoms with E-state index in [2.05, 4.69) is 43.3 Å². The molecule has 3 nitrogen and oxygen atoms in total. The summed E-state index contributed by atoms with van der Waals surface area (Å²) in [5.41, 5.74) is 3.45. The highest BCUT2D eigenvalue weighted by molar-refractivity contribution is 5.95. The lowest BCUT2D eigenvalue weighted by molar-refractivity contribution is 0.133. The number of benzene rings is 2. The Hall–Kier alpha value is -2.95. The van der Waals surface area contributed by atoms with Gasteiger partial charge in [0.05, 0.1) is 22.8 Å². The van der Waals surface area contributed by atoms with Crippen LogP contribution in [0.3, 0.4) is 0 Å². The molecule has 6 rings (SSSR count). The molecule has 2 fully saturated rings. The number of hydrogen-bond acceptors (Lipinski definition) is 2. The Labute approximate surface area is 198 Å². The van der Waals surface area contributed by atoms with Crippen LogP contribution in [0.5, 0.6) is 5.75 Å². The first-order chi connectivity index (χ1) is 16.6. The average Bonchev–Trinajstić information content (AvgIpc) is 3.52. The largest absolute Gasteiger partial charge is 0.490 e. The van der Waals surface area contributed by atoms with E-state index in [1.165, 1.54) is 10.9 Å². The number of fused-ring (bicyclic) bond motifs is 2. The second-order valence-corrected chi connectivity index (χ2v) is 10.1. The van der Waals surface area contributed by atoms with Gasteiger partial charge in [-0.05, 0) is 93.2 Å². The lowest BCUT2D eigenvalue weighted by Gasteiger charge is -2.34. The molecule has 1 unspecified atom stereocenters. The minimum Gasteiger partial charge on any atom is -0.490 e. The van der Waals surface area contributed by atoms with Crippen LogP contribution < -0.4 is 4.74 Å². The molecule has 4 aromatic rings. The summed E-state index contributed by atoms with van der Waals surface area (Å²) in [7, 11) is 0. The Morgan fingerprint density at radius 2 is 1.71 bits per heavy atom. The van der Waals surface area contributed by atoms with Crippen molar-refractivity contribution in [1.29, 1.82) is 0 Å². The van der Waals surface area contributed by atoms with Crippen LogP contribution in [0.15, 0.2) is 60.8 Å². The number of ether oxygens (including phenoxy) is 1. The van der Waals surface area contributed by atoms with Gasteiger partial charge in [-0.15, -0.1) is 0 Å². The molecule has 34 heavy (non-hydrogen) atoms. The third-order valence-electron chi connectivity index (χ3n) is 7.84. The second-order valence-electron chi connectivity index (χ2n) is 10.1. The van der Waals surface area contributed by atoms with Crippen molar-refractivity contribution in [3.63, 3.8) is 0 Å². The maximum absolute atomic E-state index is 13.4. The Kier molecular flexibility index (Phi) is 5.51. The van der Waals surface area contributed by atoms with Crippen LogP contribution in [0.1, 0.15) is 75.1 Å². The van der Waals surface area contributed by atoms with Crippen molar-refractivity contribution in [2.45, 2.75) is 69.9 Å². The van der Waals surface area contributed by atoms with E-state index in [-0.39, 0.29) is 11.7 Å².